The van der Waals surface area contributed by atoms with E-state index in [2.05, 4.69) is 216 Å². The van der Waals surface area contributed by atoms with E-state index in [0.717, 1.165) is 22.7 Å². The van der Waals surface area contributed by atoms with Gasteiger partial charge in [-0.1, -0.05) is 140 Å². The second kappa shape index (κ2) is 12.5. The number of hydrogen-bond donors (Lipinski definition) is 0. The number of anilines is 3. The highest BCUT2D eigenvalue weighted by molar-refractivity contribution is 6.11. The summed E-state index contributed by atoms with van der Waals surface area (Å²) >= 11 is 0. The molecule has 0 N–H and O–H groups in total. The molecule has 0 bridgehead atoms. The van der Waals surface area contributed by atoms with Crippen molar-refractivity contribution in [2.24, 2.45) is 0 Å². The number of aromatic nitrogens is 1. The molecule has 52 heavy (non-hydrogen) atoms. The Morgan fingerprint density at radius 2 is 0.942 bits per heavy atom. The van der Waals surface area contributed by atoms with E-state index in [4.69, 9.17) is 0 Å². The van der Waals surface area contributed by atoms with Crippen LogP contribution in [0.15, 0.2) is 206 Å². The smallest absolute Gasteiger partial charge is 0.0561 e. The molecule has 0 unspecified atom stereocenters. The number of rotatable bonds is 6. The van der Waals surface area contributed by atoms with Crippen LogP contribution in [-0.4, -0.2) is 4.57 Å². The molecular weight excluding hydrogens is 629 g/mol. The summed E-state index contributed by atoms with van der Waals surface area (Å²) in [7, 11) is 0. The molecule has 0 radical (unpaired) electrons. The van der Waals surface area contributed by atoms with Gasteiger partial charge < -0.3 is 9.47 Å². The maximum Gasteiger partial charge on any atom is 0.0561 e. The Hall–Kier alpha value is -6.90. The highest BCUT2D eigenvalue weighted by Gasteiger charge is 2.21. The first-order chi connectivity index (χ1) is 25.8. The van der Waals surface area contributed by atoms with Crippen LogP contribution in [0.2, 0.25) is 0 Å². The molecule has 0 aliphatic carbocycles. The van der Waals surface area contributed by atoms with E-state index in [1.165, 1.54) is 65.6 Å². The lowest BCUT2D eigenvalue weighted by atomic mass is 9.94. The second-order valence-corrected chi connectivity index (χ2v) is 13.4. The van der Waals surface area contributed by atoms with Crippen LogP contribution in [0.25, 0.3) is 71.3 Å². The molecule has 0 fully saturated rings. The first kappa shape index (κ1) is 30.0. The van der Waals surface area contributed by atoms with Crippen LogP contribution in [-0.2, 0) is 0 Å². The first-order valence-corrected chi connectivity index (χ1v) is 17.8. The number of para-hydroxylation sites is 3. The Kier molecular flexibility index (Phi) is 7.18. The first-order valence-electron chi connectivity index (χ1n) is 17.8. The van der Waals surface area contributed by atoms with Crippen LogP contribution in [0.3, 0.4) is 0 Å². The molecule has 10 aromatic rings. The lowest BCUT2D eigenvalue weighted by Gasteiger charge is -2.29. The van der Waals surface area contributed by atoms with Gasteiger partial charge in [0, 0.05) is 33.4 Å². The van der Waals surface area contributed by atoms with Gasteiger partial charge in [-0.3, -0.25) is 0 Å². The van der Waals surface area contributed by atoms with Crippen molar-refractivity contribution in [1.29, 1.82) is 0 Å². The Morgan fingerprint density at radius 1 is 0.327 bits per heavy atom. The standard InChI is InChI=1S/C50H34N2/c1-3-20-42(21-4-1)51(44-28-29-46-45-24-11-12-25-48(45)52(50(46)34-44)43-22-5-2-6-23-43)49-33-39-17-10-9-16-38(39)32-47(49)41-19-13-18-37(31-41)40-27-26-35-14-7-8-15-36(35)30-40/h1-34H. The molecule has 9 aromatic carbocycles. The van der Waals surface area contributed by atoms with Crippen molar-refractivity contribution < 1.29 is 0 Å². The summed E-state index contributed by atoms with van der Waals surface area (Å²) in [6.45, 7) is 0. The van der Waals surface area contributed by atoms with Crippen LogP contribution in [0.1, 0.15) is 0 Å². The molecule has 10 rings (SSSR count). The van der Waals surface area contributed by atoms with E-state index in [-0.39, 0.29) is 0 Å². The SMILES string of the molecule is c1ccc(N(c2ccc3c4ccccc4n(-c4ccccc4)c3c2)c2cc3ccccc3cc2-c2cccc(-c3ccc4ccccc4c3)c2)cc1. The third-order valence-electron chi connectivity index (χ3n) is 10.3. The number of nitrogens with zero attached hydrogens (tertiary/aromatic N) is 2. The Labute approximate surface area is 303 Å². The van der Waals surface area contributed by atoms with Crippen LogP contribution in [0.5, 0.6) is 0 Å². The minimum Gasteiger partial charge on any atom is -0.310 e. The Balaban J connectivity index is 1.22. The highest BCUT2D eigenvalue weighted by atomic mass is 15.1. The van der Waals surface area contributed by atoms with E-state index in [9.17, 15) is 0 Å². The van der Waals surface area contributed by atoms with E-state index >= 15 is 0 Å². The Morgan fingerprint density at radius 3 is 1.75 bits per heavy atom. The fourth-order valence-electron chi connectivity index (χ4n) is 7.84. The molecule has 0 aliphatic rings. The van der Waals surface area contributed by atoms with E-state index in [1.807, 2.05) is 0 Å². The van der Waals surface area contributed by atoms with Gasteiger partial charge in [0.1, 0.15) is 0 Å². The third-order valence-corrected chi connectivity index (χ3v) is 10.3. The summed E-state index contributed by atoms with van der Waals surface area (Å²) in [6.07, 6.45) is 0. The molecule has 0 amide bonds. The average molecular weight is 663 g/mol. The monoisotopic (exact) mass is 662 g/mol. The maximum atomic E-state index is 2.43. The zero-order valence-corrected chi connectivity index (χ0v) is 28.5. The third kappa shape index (κ3) is 5.12. The van der Waals surface area contributed by atoms with Crippen molar-refractivity contribution in [3.05, 3.63) is 206 Å². The molecule has 2 nitrogen and oxygen atoms in total. The molecule has 0 aliphatic heterocycles. The summed E-state index contributed by atoms with van der Waals surface area (Å²) < 4.78 is 2.39. The highest BCUT2D eigenvalue weighted by Crippen LogP contribution is 2.45. The van der Waals surface area contributed by atoms with Gasteiger partial charge in [0.25, 0.3) is 0 Å². The normalized spacial score (nSPS) is 11.5. The van der Waals surface area contributed by atoms with Gasteiger partial charge in [-0.25, -0.2) is 0 Å². The molecular formula is C50H34N2. The molecule has 0 atom stereocenters. The zero-order chi connectivity index (χ0) is 34.4. The quantitative estimate of drug-likeness (QED) is 0.172. The second-order valence-electron chi connectivity index (χ2n) is 13.4. The van der Waals surface area contributed by atoms with Crippen molar-refractivity contribution in [3.8, 4) is 27.9 Å². The summed E-state index contributed by atoms with van der Waals surface area (Å²) in [5, 5.41) is 7.39. The van der Waals surface area contributed by atoms with Gasteiger partial charge >= 0.3 is 0 Å². The summed E-state index contributed by atoms with van der Waals surface area (Å²) in [6, 6.07) is 74.9. The van der Waals surface area contributed by atoms with Crippen molar-refractivity contribution in [1.82, 2.24) is 4.57 Å². The zero-order valence-electron chi connectivity index (χ0n) is 28.5. The molecule has 2 heteroatoms. The molecule has 0 saturated carbocycles. The predicted octanol–water partition coefficient (Wildman–Crippen LogP) is 13.9. The summed E-state index contributed by atoms with van der Waals surface area (Å²) in [5.74, 6) is 0. The van der Waals surface area contributed by atoms with Crippen molar-refractivity contribution in [3.63, 3.8) is 0 Å². The fraction of sp³-hybridized carbons (Fsp3) is 0. The maximum absolute atomic E-state index is 2.43. The van der Waals surface area contributed by atoms with Crippen LogP contribution >= 0.6 is 0 Å². The minimum absolute atomic E-state index is 1.10. The lowest BCUT2D eigenvalue weighted by molar-refractivity contribution is 1.18. The van der Waals surface area contributed by atoms with Crippen LogP contribution in [0.4, 0.5) is 17.1 Å². The van der Waals surface area contributed by atoms with E-state index in [0.29, 0.717) is 0 Å². The fourth-order valence-corrected chi connectivity index (χ4v) is 7.84. The van der Waals surface area contributed by atoms with Gasteiger partial charge in [-0.05, 0) is 105 Å². The summed E-state index contributed by atoms with van der Waals surface area (Å²) in [5.41, 5.74) is 11.6. The molecule has 0 spiro atoms. The van der Waals surface area contributed by atoms with Gasteiger partial charge in [-0.2, -0.15) is 0 Å². The van der Waals surface area contributed by atoms with E-state index in [1.54, 1.807) is 0 Å². The van der Waals surface area contributed by atoms with E-state index < -0.39 is 0 Å². The summed E-state index contributed by atoms with van der Waals surface area (Å²) in [4.78, 5) is 2.43. The van der Waals surface area contributed by atoms with Crippen LogP contribution in [0, 0.1) is 0 Å². The topological polar surface area (TPSA) is 8.17 Å². The van der Waals surface area contributed by atoms with Gasteiger partial charge in [-0.15, -0.1) is 0 Å². The predicted molar refractivity (Wildman–Crippen MR) is 221 cm³/mol. The lowest BCUT2D eigenvalue weighted by Crippen LogP contribution is -2.11. The largest absolute Gasteiger partial charge is 0.310 e. The molecule has 1 aromatic heterocycles. The van der Waals surface area contributed by atoms with Crippen LogP contribution < -0.4 is 4.90 Å². The van der Waals surface area contributed by atoms with Crippen molar-refractivity contribution in [2.75, 3.05) is 4.90 Å². The molecule has 244 valence electrons. The Bertz CT molecular complexity index is 2900. The van der Waals surface area contributed by atoms with Gasteiger partial charge in [0.15, 0.2) is 0 Å². The van der Waals surface area contributed by atoms with Crippen molar-refractivity contribution >= 4 is 60.4 Å². The van der Waals surface area contributed by atoms with Gasteiger partial charge in [0.05, 0.1) is 16.7 Å². The number of hydrogen-bond acceptors (Lipinski definition) is 1. The number of fused-ring (bicyclic) bond motifs is 5. The average Bonchev–Trinajstić information content (AvgIpc) is 3.55. The van der Waals surface area contributed by atoms with Gasteiger partial charge in [0.2, 0.25) is 0 Å². The minimum atomic E-state index is 1.10. The molecule has 0 saturated heterocycles. The molecule has 1 heterocycles. The van der Waals surface area contributed by atoms with Crippen molar-refractivity contribution in [2.45, 2.75) is 0 Å². The number of benzene rings is 9.